The number of carbonyl (C=O) groups excluding carboxylic acids is 2. The molecule has 0 saturated heterocycles. The highest BCUT2D eigenvalue weighted by Crippen LogP contribution is 2.24. The molecular formula is C24H29Cl3N2O3. The molecule has 0 saturated carbocycles. The van der Waals surface area contributed by atoms with Crippen LogP contribution in [0.2, 0.25) is 15.1 Å². The lowest BCUT2D eigenvalue weighted by Crippen LogP contribution is -2.50. The first-order chi connectivity index (χ1) is 15.1. The van der Waals surface area contributed by atoms with Crippen LogP contribution in [0.1, 0.15) is 38.3 Å². The zero-order valence-corrected chi connectivity index (χ0v) is 21.0. The lowest BCUT2D eigenvalue weighted by atomic mass is 10.1. The molecular weight excluding hydrogens is 471 g/mol. The fraction of sp³-hybridized carbons (Fsp3) is 0.417. The van der Waals surface area contributed by atoms with Gasteiger partial charge < -0.3 is 15.0 Å². The highest BCUT2D eigenvalue weighted by atomic mass is 35.5. The zero-order chi connectivity index (χ0) is 23.8. The number of hydrogen-bond acceptors (Lipinski definition) is 3. The summed E-state index contributed by atoms with van der Waals surface area (Å²) in [5, 5.41) is 4.48. The molecule has 0 aliphatic heterocycles. The number of rotatable bonds is 10. The molecule has 0 aliphatic carbocycles. The van der Waals surface area contributed by atoms with E-state index >= 15 is 0 Å². The van der Waals surface area contributed by atoms with Crippen molar-refractivity contribution in [1.29, 1.82) is 0 Å². The van der Waals surface area contributed by atoms with Crippen LogP contribution in [-0.4, -0.2) is 35.9 Å². The van der Waals surface area contributed by atoms with Gasteiger partial charge in [-0.2, -0.15) is 0 Å². The molecule has 0 aromatic heterocycles. The van der Waals surface area contributed by atoms with Gasteiger partial charge in [0.1, 0.15) is 11.8 Å². The summed E-state index contributed by atoms with van der Waals surface area (Å²) in [6.45, 7) is 8.22. The van der Waals surface area contributed by atoms with Gasteiger partial charge >= 0.3 is 0 Å². The molecule has 0 radical (unpaired) electrons. The van der Waals surface area contributed by atoms with Gasteiger partial charge in [0.25, 0.3) is 5.91 Å². The van der Waals surface area contributed by atoms with Gasteiger partial charge in [-0.3, -0.25) is 9.59 Å². The molecule has 2 aromatic carbocycles. The van der Waals surface area contributed by atoms with Crippen molar-refractivity contribution in [3.63, 3.8) is 0 Å². The van der Waals surface area contributed by atoms with Gasteiger partial charge in [0.05, 0.1) is 0 Å². The van der Waals surface area contributed by atoms with Crippen LogP contribution in [-0.2, 0) is 16.1 Å². The molecule has 0 aliphatic rings. The predicted octanol–water partition coefficient (Wildman–Crippen LogP) is 5.91. The number of halogens is 3. The maximum absolute atomic E-state index is 13.2. The number of amides is 2. The van der Waals surface area contributed by atoms with E-state index < -0.39 is 6.04 Å². The second-order valence-corrected chi connectivity index (χ2v) is 9.27. The van der Waals surface area contributed by atoms with E-state index in [1.165, 1.54) is 4.90 Å². The number of ether oxygens (including phenoxy) is 1. The van der Waals surface area contributed by atoms with E-state index in [0.29, 0.717) is 45.3 Å². The molecule has 0 heterocycles. The van der Waals surface area contributed by atoms with Gasteiger partial charge in [-0.05, 0) is 60.7 Å². The van der Waals surface area contributed by atoms with Crippen LogP contribution in [0, 0.1) is 12.8 Å². The van der Waals surface area contributed by atoms with Crippen molar-refractivity contribution in [1.82, 2.24) is 10.2 Å². The van der Waals surface area contributed by atoms with E-state index in [2.05, 4.69) is 5.32 Å². The van der Waals surface area contributed by atoms with E-state index in [4.69, 9.17) is 39.5 Å². The van der Waals surface area contributed by atoms with Gasteiger partial charge in [0.2, 0.25) is 5.91 Å². The number of benzene rings is 2. The molecule has 0 bridgehead atoms. The third kappa shape index (κ3) is 7.58. The number of carbonyl (C=O) groups is 2. The summed E-state index contributed by atoms with van der Waals surface area (Å²) in [6.07, 6.45) is 0.445. The topological polar surface area (TPSA) is 58.6 Å². The van der Waals surface area contributed by atoms with Crippen LogP contribution in [0.4, 0.5) is 0 Å². The number of aryl methyl sites for hydroxylation is 1. The van der Waals surface area contributed by atoms with E-state index in [1.54, 1.807) is 36.4 Å². The molecule has 32 heavy (non-hydrogen) atoms. The SMILES string of the molecule is CC[C@@H](C(=O)NCC(C)C)N(Cc1ccc(Cl)cc1Cl)C(=O)COc1ccc(Cl)c(C)c1. The molecule has 2 rings (SSSR count). The maximum atomic E-state index is 13.2. The largest absolute Gasteiger partial charge is 0.484 e. The molecule has 2 aromatic rings. The first kappa shape index (κ1) is 26.3. The summed E-state index contributed by atoms with van der Waals surface area (Å²) in [5.41, 5.74) is 1.54. The van der Waals surface area contributed by atoms with Crippen molar-refractivity contribution in [3.8, 4) is 5.75 Å². The Morgan fingerprint density at radius 1 is 1.06 bits per heavy atom. The Morgan fingerprint density at radius 2 is 1.78 bits per heavy atom. The van der Waals surface area contributed by atoms with Crippen molar-refractivity contribution < 1.29 is 14.3 Å². The van der Waals surface area contributed by atoms with Crippen molar-refractivity contribution in [2.24, 2.45) is 5.92 Å². The molecule has 8 heteroatoms. The van der Waals surface area contributed by atoms with E-state index in [-0.39, 0.29) is 25.0 Å². The lowest BCUT2D eigenvalue weighted by Gasteiger charge is -2.31. The predicted molar refractivity (Wildman–Crippen MR) is 131 cm³/mol. The normalized spacial score (nSPS) is 11.9. The van der Waals surface area contributed by atoms with Gasteiger partial charge in [-0.15, -0.1) is 0 Å². The van der Waals surface area contributed by atoms with Gasteiger partial charge in [0, 0.05) is 28.2 Å². The number of nitrogens with zero attached hydrogens (tertiary/aromatic N) is 1. The third-order valence-corrected chi connectivity index (χ3v) is 5.93. The van der Waals surface area contributed by atoms with Gasteiger partial charge in [0.15, 0.2) is 6.61 Å². The minimum absolute atomic E-state index is 0.158. The minimum atomic E-state index is -0.663. The summed E-state index contributed by atoms with van der Waals surface area (Å²) in [5.74, 6) is 0.293. The van der Waals surface area contributed by atoms with E-state index in [1.807, 2.05) is 27.7 Å². The quantitative estimate of drug-likeness (QED) is 0.442. The molecule has 0 spiro atoms. The summed E-state index contributed by atoms with van der Waals surface area (Å²) >= 11 is 18.4. The van der Waals surface area contributed by atoms with Crippen LogP contribution < -0.4 is 10.1 Å². The average Bonchev–Trinajstić information content (AvgIpc) is 2.74. The minimum Gasteiger partial charge on any atom is -0.484 e. The first-order valence-corrected chi connectivity index (χ1v) is 11.7. The van der Waals surface area contributed by atoms with Crippen LogP contribution in [0.5, 0.6) is 5.75 Å². The third-order valence-electron chi connectivity index (χ3n) is 4.92. The van der Waals surface area contributed by atoms with Crippen molar-refractivity contribution >= 4 is 46.6 Å². The van der Waals surface area contributed by atoms with Crippen LogP contribution in [0.25, 0.3) is 0 Å². The summed E-state index contributed by atoms with van der Waals surface area (Å²) < 4.78 is 5.71. The number of hydrogen-bond donors (Lipinski definition) is 1. The van der Waals surface area contributed by atoms with Crippen LogP contribution in [0.15, 0.2) is 36.4 Å². The van der Waals surface area contributed by atoms with E-state index in [9.17, 15) is 9.59 Å². The standard InChI is InChI=1S/C24H29Cl3N2O3/c1-5-22(24(31)28-12-15(2)3)29(13-17-6-7-18(25)11-21(17)27)23(30)14-32-19-8-9-20(26)16(4)10-19/h6-11,15,22H,5,12-14H2,1-4H3,(H,28,31)/t22-/m0/s1. The van der Waals surface area contributed by atoms with Crippen molar-refractivity contribution in [2.75, 3.05) is 13.2 Å². The van der Waals surface area contributed by atoms with Crippen LogP contribution >= 0.6 is 34.8 Å². The Hall–Kier alpha value is -1.95. The summed E-state index contributed by atoms with van der Waals surface area (Å²) in [6, 6.07) is 9.61. The Kier molecular flexibility index (Phi) is 10.1. The second kappa shape index (κ2) is 12.3. The Labute approximate surface area is 205 Å². The van der Waals surface area contributed by atoms with Crippen molar-refractivity contribution in [2.45, 2.75) is 46.7 Å². The smallest absolute Gasteiger partial charge is 0.261 e. The molecule has 174 valence electrons. The molecule has 1 atom stereocenters. The molecule has 2 amide bonds. The Bertz CT molecular complexity index is 950. The van der Waals surface area contributed by atoms with E-state index in [0.717, 1.165) is 5.56 Å². The summed E-state index contributed by atoms with van der Waals surface area (Å²) in [7, 11) is 0. The average molecular weight is 500 g/mol. The highest BCUT2D eigenvalue weighted by Gasteiger charge is 2.29. The van der Waals surface area contributed by atoms with Gasteiger partial charge in [-0.25, -0.2) is 0 Å². The highest BCUT2D eigenvalue weighted by molar-refractivity contribution is 6.35. The Morgan fingerprint density at radius 3 is 2.38 bits per heavy atom. The molecule has 5 nitrogen and oxygen atoms in total. The lowest BCUT2D eigenvalue weighted by molar-refractivity contribution is -0.143. The van der Waals surface area contributed by atoms with Gasteiger partial charge in [-0.1, -0.05) is 61.6 Å². The summed E-state index contributed by atoms with van der Waals surface area (Å²) in [4.78, 5) is 27.6. The number of nitrogens with one attached hydrogen (secondary N) is 1. The zero-order valence-electron chi connectivity index (χ0n) is 18.8. The van der Waals surface area contributed by atoms with Crippen molar-refractivity contribution in [3.05, 3.63) is 62.6 Å². The first-order valence-electron chi connectivity index (χ1n) is 10.5. The monoisotopic (exact) mass is 498 g/mol. The fourth-order valence-electron chi connectivity index (χ4n) is 3.11. The maximum Gasteiger partial charge on any atom is 0.261 e. The fourth-order valence-corrected chi connectivity index (χ4v) is 3.70. The molecule has 1 N–H and O–H groups in total. The molecule has 0 fully saturated rings. The second-order valence-electron chi connectivity index (χ2n) is 8.02. The Balaban J connectivity index is 2.24. The van der Waals surface area contributed by atoms with Crippen LogP contribution in [0.3, 0.4) is 0 Å². The molecule has 0 unspecified atom stereocenters.